The van der Waals surface area contributed by atoms with Gasteiger partial charge in [-0.05, 0) is 44.1 Å². The van der Waals surface area contributed by atoms with E-state index in [0.717, 1.165) is 24.9 Å². The summed E-state index contributed by atoms with van der Waals surface area (Å²) in [5.74, 6) is 1.71. The molecule has 1 saturated heterocycles. The molecule has 1 atom stereocenters. The summed E-state index contributed by atoms with van der Waals surface area (Å²) in [7, 11) is 0. The normalized spacial score (nSPS) is 20.4. The molecule has 0 bridgehead atoms. The van der Waals surface area contributed by atoms with Crippen molar-refractivity contribution >= 4 is 16.5 Å². The first-order valence-electron chi connectivity index (χ1n) is 8.11. The first-order valence-corrected chi connectivity index (χ1v) is 8.92. The van der Waals surface area contributed by atoms with Crippen molar-refractivity contribution < 1.29 is 0 Å². The van der Waals surface area contributed by atoms with Gasteiger partial charge in [-0.1, -0.05) is 20.8 Å². The molecule has 2 rings (SSSR count). The average Bonchev–Trinajstić information content (AvgIpc) is 2.75. The number of rotatable bonds is 6. The van der Waals surface area contributed by atoms with Crippen LogP contribution in [0.15, 0.2) is 6.20 Å². The van der Waals surface area contributed by atoms with E-state index in [9.17, 15) is 0 Å². The molecular formula is C16H29N3S. The maximum absolute atomic E-state index is 4.63. The maximum Gasteiger partial charge on any atom is 0.185 e. The molecule has 1 aliphatic heterocycles. The summed E-state index contributed by atoms with van der Waals surface area (Å²) in [5, 5.41) is 4.68. The summed E-state index contributed by atoms with van der Waals surface area (Å²) < 4.78 is 0. The van der Waals surface area contributed by atoms with Crippen LogP contribution in [-0.4, -0.2) is 24.6 Å². The zero-order valence-electron chi connectivity index (χ0n) is 13.2. The van der Waals surface area contributed by atoms with Crippen molar-refractivity contribution in [2.24, 2.45) is 11.8 Å². The van der Waals surface area contributed by atoms with Gasteiger partial charge in [0.2, 0.25) is 0 Å². The zero-order valence-corrected chi connectivity index (χ0v) is 14.0. The van der Waals surface area contributed by atoms with E-state index in [4.69, 9.17) is 0 Å². The molecule has 1 fully saturated rings. The Hall–Kier alpha value is -0.610. The molecular weight excluding hydrogens is 266 g/mol. The second-order valence-corrected chi connectivity index (χ2v) is 7.30. The molecule has 1 N–H and O–H groups in total. The van der Waals surface area contributed by atoms with Gasteiger partial charge in [0.25, 0.3) is 0 Å². The van der Waals surface area contributed by atoms with Gasteiger partial charge in [-0.3, -0.25) is 0 Å². The molecule has 1 aliphatic rings. The quantitative estimate of drug-likeness (QED) is 0.807. The molecule has 0 saturated carbocycles. The van der Waals surface area contributed by atoms with Gasteiger partial charge in [0.05, 0.1) is 0 Å². The van der Waals surface area contributed by atoms with E-state index in [1.54, 1.807) is 0 Å². The van der Waals surface area contributed by atoms with Gasteiger partial charge in [0.15, 0.2) is 5.13 Å². The largest absolute Gasteiger partial charge is 0.348 e. The first-order chi connectivity index (χ1) is 9.70. The van der Waals surface area contributed by atoms with Gasteiger partial charge < -0.3 is 10.2 Å². The van der Waals surface area contributed by atoms with Crippen LogP contribution in [0.25, 0.3) is 0 Å². The number of anilines is 1. The van der Waals surface area contributed by atoms with Gasteiger partial charge in [0.1, 0.15) is 0 Å². The van der Waals surface area contributed by atoms with E-state index < -0.39 is 0 Å². The number of hydrogen-bond donors (Lipinski definition) is 1. The lowest BCUT2D eigenvalue weighted by Crippen LogP contribution is -2.24. The van der Waals surface area contributed by atoms with Crippen molar-refractivity contribution in [2.45, 2.75) is 53.0 Å². The van der Waals surface area contributed by atoms with E-state index in [1.807, 2.05) is 17.5 Å². The molecule has 20 heavy (non-hydrogen) atoms. The Morgan fingerprint density at radius 1 is 1.40 bits per heavy atom. The van der Waals surface area contributed by atoms with Crippen molar-refractivity contribution in [1.82, 2.24) is 10.3 Å². The highest BCUT2D eigenvalue weighted by molar-refractivity contribution is 7.15. The fourth-order valence-electron chi connectivity index (χ4n) is 2.89. The van der Waals surface area contributed by atoms with E-state index in [-0.39, 0.29) is 0 Å². The topological polar surface area (TPSA) is 28.2 Å². The third kappa shape index (κ3) is 4.45. The third-order valence-corrected chi connectivity index (χ3v) is 5.31. The molecule has 1 aromatic heterocycles. The van der Waals surface area contributed by atoms with Crippen LogP contribution in [-0.2, 0) is 6.54 Å². The molecule has 0 aliphatic carbocycles. The van der Waals surface area contributed by atoms with Crippen LogP contribution >= 0.6 is 11.3 Å². The highest BCUT2D eigenvalue weighted by Crippen LogP contribution is 2.29. The SMILES string of the molecule is CCCNCc1cnc(N2CCCC(C(C)C)CC2)s1. The molecule has 0 spiro atoms. The number of aromatic nitrogens is 1. The van der Waals surface area contributed by atoms with E-state index in [0.29, 0.717) is 0 Å². The summed E-state index contributed by atoms with van der Waals surface area (Å²) in [4.78, 5) is 8.49. The summed E-state index contributed by atoms with van der Waals surface area (Å²) in [6.07, 6.45) is 7.25. The van der Waals surface area contributed by atoms with Crippen molar-refractivity contribution in [2.75, 3.05) is 24.5 Å². The van der Waals surface area contributed by atoms with Gasteiger partial charge in [-0.25, -0.2) is 4.98 Å². The highest BCUT2D eigenvalue weighted by atomic mass is 32.1. The molecule has 2 heterocycles. The third-order valence-electron chi connectivity index (χ3n) is 4.25. The van der Waals surface area contributed by atoms with Crippen LogP contribution in [0.5, 0.6) is 0 Å². The van der Waals surface area contributed by atoms with Crippen LogP contribution in [0.1, 0.15) is 51.3 Å². The van der Waals surface area contributed by atoms with Crippen molar-refractivity contribution in [3.8, 4) is 0 Å². The summed E-state index contributed by atoms with van der Waals surface area (Å²) in [5.41, 5.74) is 0. The highest BCUT2D eigenvalue weighted by Gasteiger charge is 2.21. The molecule has 114 valence electrons. The second-order valence-electron chi connectivity index (χ2n) is 6.21. The Labute approximate surface area is 127 Å². The summed E-state index contributed by atoms with van der Waals surface area (Å²) in [6, 6.07) is 0. The van der Waals surface area contributed by atoms with Crippen LogP contribution < -0.4 is 10.2 Å². The van der Waals surface area contributed by atoms with Crippen LogP contribution in [0, 0.1) is 11.8 Å². The fraction of sp³-hybridized carbons (Fsp3) is 0.812. The van der Waals surface area contributed by atoms with Gasteiger partial charge in [-0.15, -0.1) is 11.3 Å². The van der Waals surface area contributed by atoms with Crippen molar-refractivity contribution in [3.63, 3.8) is 0 Å². The molecule has 3 nitrogen and oxygen atoms in total. The van der Waals surface area contributed by atoms with Gasteiger partial charge in [-0.2, -0.15) is 0 Å². The maximum atomic E-state index is 4.63. The van der Waals surface area contributed by atoms with Crippen molar-refractivity contribution in [1.29, 1.82) is 0 Å². The Bertz CT molecular complexity index is 389. The lowest BCUT2D eigenvalue weighted by molar-refractivity contribution is 0.351. The molecule has 0 radical (unpaired) electrons. The second kappa shape index (κ2) is 7.99. The van der Waals surface area contributed by atoms with Gasteiger partial charge >= 0.3 is 0 Å². The summed E-state index contributed by atoms with van der Waals surface area (Å²) >= 11 is 1.86. The summed E-state index contributed by atoms with van der Waals surface area (Å²) in [6.45, 7) is 11.3. The Kier molecular flexibility index (Phi) is 6.30. The number of hydrogen-bond acceptors (Lipinski definition) is 4. The zero-order chi connectivity index (χ0) is 14.4. The minimum atomic E-state index is 0.819. The molecule has 4 heteroatoms. The first kappa shape index (κ1) is 15.8. The number of thiazole rings is 1. The molecule has 0 aromatic carbocycles. The minimum absolute atomic E-state index is 0.819. The molecule has 0 amide bonds. The van der Waals surface area contributed by atoms with Crippen LogP contribution in [0.4, 0.5) is 5.13 Å². The van der Waals surface area contributed by atoms with Crippen LogP contribution in [0.2, 0.25) is 0 Å². The molecule has 1 unspecified atom stereocenters. The van der Waals surface area contributed by atoms with E-state index in [2.05, 4.69) is 36.0 Å². The van der Waals surface area contributed by atoms with E-state index in [1.165, 1.54) is 48.8 Å². The standard InChI is InChI=1S/C16H29N3S/c1-4-8-17-11-15-12-18-16(20-15)19-9-5-6-14(7-10-19)13(2)3/h12-14,17H,4-11H2,1-3H3. The van der Waals surface area contributed by atoms with Gasteiger partial charge in [0, 0.05) is 30.7 Å². The minimum Gasteiger partial charge on any atom is -0.348 e. The predicted octanol–water partition coefficient (Wildman–Crippen LogP) is 3.91. The van der Waals surface area contributed by atoms with E-state index >= 15 is 0 Å². The smallest absolute Gasteiger partial charge is 0.185 e. The fourth-order valence-corrected chi connectivity index (χ4v) is 3.82. The van der Waals surface area contributed by atoms with Crippen LogP contribution in [0.3, 0.4) is 0 Å². The number of nitrogens with zero attached hydrogens (tertiary/aromatic N) is 2. The lowest BCUT2D eigenvalue weighted by Gasteiger charge is -2.20. The Morgan fingerprint density at radius 2 is 2.25 bits per heavy atom. The molecule has 1 aromatic rings. The number of nitrogens with one attached hydrogen (secondary N) is 1. The Morgan fingerprint density at radius 3 is 3.00 bits per heavy atom. The predicted molar refractivity (Wildman–Crippen MR) is 88.5 cm³/mol. The Balaban J connectivity index is 1.88. The lowest BCUT2D eigenvalue weighted by atomic mass is 9.89. The van der Waals surface area contributed by atoms with Crippen molar-refractivity contribution in [3.05, 3.63) is 11.1 Å². The average molecular weight is 295 g/mol. The monoisotopic (exact) mass is 295 g/mol.